The van der Waals surface area contributed by atoms with Gasteiger partial charge in [0.05, 0.1) is 19.8 Å². The predicted octanol–water partition coefficient (Wildman–Crippen LogP) is 1.98. The monoisotopic (exact) mass is 349 g/mol. The van der Waals surface area contributed by atoms with Crippen LogP contribution >= 0.6 is 0 Å². The Kier molecular flexibility index (Phi) is 8.21. The molecule has 0 spiro atoms. The lowest BCUT2D eigenvalue weighted by molar-refractivity contribution is -0.127. The van der Waals surface area contributed by atoms with Crippen molar-refractivity contribution in [3.63, 3.8) is 0 Å². The smallest absolute Gasteiger partial charge is 0.319 e. The first-order chi connectivity index (χ1) is 12.2. The lowest BCUT2D eigenvalue weighted by Crippen LogP contribution is -2.33. The summed E-state index contributed by atoms with van der Waals surface area (Å²) >= 11 is 0. The summed E-state index contributed by atoms with van der Waals surface area (Å²) in [6.07, 6.45) is 2.35. The van der Waals surface area contributed by atoms with Gasteiger partial charge in [-0.15, -0.1) is 0 Å². The quantitative estimate of drug-likeness (QED) is 0.633. The van der Waals surface area contributed by atoms with Gasteiger partial charge in [-0.2, -0.15) is 0 Å². The van der Waals surface area contributed by atoms with Crippen LogP contribution in [0.15, 0.2) is 24.3 Å². The van der Waals surface area contributed by atoms with Crippen molar-refractivity contribution in [1.29, 1.82) is 0 Å². The zero-order valence-corrected chi connectivity index (χ0v) is 14.8. The van der Waals surface area contributed by atoms with Crippen LogP contribution in [0, 0.1) is 0 Å². The first-order valence-electron chi connectivity index (χ1n) is 8.67. The van der Waals surface area contributed by atoms with E-state index in [9.17, 15) is 9.59 Å². The molecule has 7 nitrogen and oxygen atoms in total. The van der Waals surface area contributed by atoms with Crippen LogP contribution in [0.25, 0.3) is 0 Å². The Hall–Kier alpha value is -2.12. The second kappa shape index (κ2) is 10.7. The number of ether oxygens (including phenoxy) is 2. The number of carbonyl (C=O) groups excluding carboxylic acids is 2. The molecule has 0 bridgehead atoms. The molecule has 1 aliphatic rings. The van der Waals surface area contributed by atoms with Gasteiger partial charge in [-0.05, 0) is 30.5 Å². The largest absolute Gasteiger partial charge is 0.382 e. The average Bonchev–Trinajstić information content (AvgIpc) is 3.01. The number of nitrogens with one attached hydrogen (secondary N) is 2. The SMILES string of the molecule is COCCOCc1cccc(NC(=O)NCCCN2CCCC2=O)c1. The average molecular weight is 349 g/mol. The van der Waals surface area contributed by atoms with Crippen LogP contribution in [-0.4, -0.2) is 56.8 Å². The van der Waals surface area contributed by atoms with Crippen molar-refractivity contribution in [1.82, 2.24) is 10.2 Å². The summed E-state index contributed by atoms with van der Waals surface area (Å²) in [5, 5.41) is 5.62. The highest BCUT2D eigenvalue weighted by atomic mass is 16.5. The Bertz CT molecular complexity index is 565. The molecule has 25 heavy (non-hydrogen) atoms. The first kappa shape index (κ1) is 19.2. The van der Waals surface area contributed by atoms with Crippen LogP contribution in [0.1, 0.15) is 24.8 Å². The maximum atomic E-state index is 11.9. The van der Waals surface area contributed by atoms with Crippen molar-refractivity contribution in [2.24, 2.45) is 0 Å². The zero-order chi connectivity index (χ0) is 17.9. The van der Waals surface area contributed by atoms with E-state index in [-0.39, 0.29) is 11.9 Å². The van der Waals surface area contributed by atoms with E-state index in [0.717, 1.165) is 30.6 Å². The summed E-state index contributed by atoms with van der Waals surface area (Å²) in [5.41, 5.74) is 1.71. The van der Waals surface area contributed by atoms with Crippen LogP contribution in [0.2, 0.25) is 0 Å². The van der Waals surface area contributed by atoms with Crippen LogP contribution in [0.3, 0.4) is 0 Å². The van der Waals surface area contributed by atoms with E-state index >= 15 is 0 Å². The highest BCUT2D eigenvalue weighted by Gasteiger charge is 2.18. The van der Waals surface area contributed by atoms with Gasteiger partial charge < -0.3 is 25.0 Å². The molecule has 3 amide bonds. The van der Waals surface area contributed by atoms with Crippen molar-refractivity contribution in [2.45, 2.75) is 25.9 Å². The van der Waals surface area contributed by atoms with Crippen molar-refractivity contribution in [3.8, 4) is 0 Å². The van der Waals surface area contributed by atoms with Gasteiger partial charge in [-0.25, -0.2) is 4.79 Å². The molecule has 1 heterocycles. The molecule has 0 aromatic heterocycles. The summed E-state index contributed by atoms with van der Waals surface area (Å²) < 4.78 is 10.4. The van der Waals surface area contributed by atoms with Crippen LogP contribution in [0.5, 0.6) is 0 Å². The summed E-state index contributed by atoms with van der Waals surface area (Å²) in [4.78, 5) is 25.3. The minimum Gasteiger partial charge on any atom is -0.382 e. The van der Waals surface area contributed by atoms with Gasteiger partial charge >= 0.3 is 6.03 Å². The van der Waals surface area contributed by atoms with Crippen LogP contribution in [-0.2, 0) is 20.9 Å². The fourth-order valence-corrected chi connectivity index (χ4v) is 2.66. The van der Waals surface area contributed by atoms with Crippen molar-refractivity contribution in [2.75, 3.05) is 45.3 Å². The van der Waals surface area contributed by atoms with Gasteiger partial charge in [0.2, 0.25) is 5.91 Å². The van der Waals surface area contributed by atoms with E-state index in [2.05, 4.69) is 10.6 Å². The second-order valence-electron chi connectivity index (χ2n) is 5.96. The van der Waals surface area contributed by atoms with E-state index in [1.54, 1.807) is 7.11 Å². The molecule has 1 aromatic rings. The molecular weight excluding hydrogens is 322 g/mol. The van der Waals surface area contributed by atoms with E-state index in [1.807, 2.05) is 29.2 Å². The summed E-state index contributed by atoms with van der Waals surface area (Å²) in [6, 6.07) is 7.30. The Morgan fingerprint density at radius 2 is 2.20 bits per heavy atom. The highest BCUT2D eigenvalue weighted by molar-refractivity contribution is 5.89. The van der Waals surface area contributed by atoms with E-state index in [1.165, 1.54) is 0 Å². The number of hydrogen-bond donors (Lipinski definition) is 2. The maximum Gasteiger partial charge on any atom is 0.319 e. The minimum atomic E-state index is -0.245. The number of likely N-dealkylation sites (tertiary alicyclic amines) is 1. The molecule has 1 saturated heterocycles. The third kappa shape index (κ3) is 7.11. The number of methoxy groups -OCH3 is 1. The standard InChI is InChI=1S/C18H27N3O4/c1-24-11-12-25-14-15-5-2-6-16(13-15)20-18(23)19-8-4-10-21-9-3-7-17(21)22/h2,5-6,13H,3-4,7-12,14H2,1H3,(H2,19,20,23). The second-order valence-corrected chi connectivity index (χ2v) is 5.96. The van der Waals surface area contributed by atoms with Crippen molar-refractivity contribution in [3.05, 3.63) is 29.8 Å². The zero-order valence-electron chi connectivity index (χ0n) is 14.8. The summed E-state index contributed by atoms with van der Waals surface area (Å²) in [6.45, 7) is 3.65. The molecule has 138 valence electrons. The topological polar surface area (TPSA) is 79.9 Å². The summed E-state index contributed by atoms with van der Waals surface area (Å²) in [7, 11) is 1.63. The van der Waals surface area contributed by atoms with Crippen molar-refractivity contribution < 1.29 is 19.1 Å². The Labute approximate surface area is 148 Å². The lowest BCUT2D eigenvalue weighted by atomic mass is 10.2. The molecule has 2 rings (SSSR count). The van der Waals surface area contributed by atoms with Crippen LogP contribution < -0.4 is 10.6 Å². The number of nitrogens with zero attached hydrogens (tertiary/aromatic N) is 1. The third-order valence-corrected chi connectivity index (χ3v) is 3.95. The van der Waals surface area contributed by atoms with Gasteiger partial charge in [0, 0.05) is 38.9 Å². The highest BCUT2D eigenvalue weighted by Crippen LogP contribution is 2.12. The first-order valence-corrected chi connectivity index (χ1v) is 8.67. The molecule has 1 aliphatic heterocycles. The minimum absolute atomic E-state index is 0.217. The molecule has 0 radical (unpaired) electrons. The van der Waals surface area contributed by atoms with E-state index < -0.39 is 0 Å². The normalized spacial score (nSPS) is 14.0. The summed E-state index contributed by atoms with van der Waals surface area (Å²) in [5.74, 6) is 0.217. The molecule has 0 aliphatic carbocycles. The van der Waals surface area contributed by atoms with E-state index in [4.69, 9.17) is 9.47 Å². The number of anilines is 1. The lowest BCUT2D eigenvalue weighted by Gasteiger charge is -2.15. The predicted molar refractivity (Wildman–Crippen MR) is 95.4 cm³/mol. The van der Waals surface area contributed by atoms with Gasteiger partial charge in [-0.3, -0.25) is 4.79 Å². The molecule has 1 fully saturated rings. The Balaban J connectivity index is 1.64. The Morgan fingerprint density at radius 3 is 2.96 bits per heavy atom. The number of carbonyl (C=O) groups is 2. The fraction of sp³-hybridized carbons (Fsp3) is 0.556. The number of rotatable bonds is 10. The molecule has 7 heteroatoms. The van der Waals surface area contributed by atoms with Gasteiger partial charge in [-0.1, -0.05) is 12.1 Å². The van der Waals surface area contributed by atoms with Crippen molar-refractivity contribution >= 4 is 17.6 Å². The van der Waals surface area contributed by atoms with Gasteiger partial charge in [0.15, 0.2) is 0 Å². The molecule has 0 saturated carbocycles. The Morgan fingerprint density at radius 1 is 1.32 bits per heavy atom. The molecular formula is C18H27N3O4. The fourth-order valence-electron chi connectivity index (χ4n) is 2.66. The molecule has 0 atom stereocenters. The van der Waals surface area contributed by atoms with Gasteiger partial charge in [0.25, 0.3) is 0 Å². The number of amides is 3. The van der Waals surface area contributed by atoms with E-state index in [0.29, 0.717) is 39.3 Å². The van der Waals surface area contributed by atoms with Crippen LogP contribution in [0.4, 0.5) is 10.5 Å². The molecule has 2 N–H and O–H groups in total. The number of hydrogen-bond acceptors (Lipinski definition) is 4. The van der Waals surface area contributed by atoms with Gasteiger partial charge in [0.1, 0.15) is 0 Å². The number of benzene rings is 1. The molecule has 0 unspecified atom stereocenters. The molecule has 1 aromatic carbocycles. The third-order valence-electron chi connectivity index (χ3n) is 3.95. The number of urea groups is 1. The maximum absolute atomic E-state index is 11.9.